The molecule has 0 radical (unpaired) electrons. The highest BCUT2D eigenvalue weighted by Gasteiger charge is 2.30. The first-order valence-electron chi connectivity index (χ1n) is 11.5. The Hall–Kier alpha value is -1.65. The zero-order valence-corrected chi connectivity index (χ0v) is 18.5. The van der Waals surface area contributed by atoms with Crippen molar-refractivity contribution in [2.45, 2.75) is 83.8 Å². The van der Waals surface area contributed by atoms with Crippen LogP contribution in [-0.2, 0) is 4.79 Å². The van der Waals surface area contributed by atoms with E-state index in [2.05, 4.69) is 36.2 Å². The van der Waals surface area contributed by atoms with Gasteiger partial charge in [0, 0.05) is 30.2 Å². The van der Waals surface area contributed by atoms with Gasteiger partial charge in [-0.25, -0.2) is 0 Å². The van der Waals surface area contributed by atoms with Crippen LogP contribution in [0.3, 0.4) is 0 Å². The molecule has 160 valence electrons. The number of carbonyl (C=O) groups is 1. The van der Waals surface area contributed by atoms with Crippen LogP contribution in [0, 0.1) is 5.92 Å². The molecule has 1 atom stereocenters. The summed E-state index contributed by atoms with van der Waals surface area (Å²) in [6, 6.07) is 12.1. The minimum Gasteiger partial charge on any atom is -0.366 e. The maximum absolute atomic E-state index is 11.9. The van der Waals surface area contributed by atoms with Crippen molar-refractivity contribution >= 4 is 11.5 Å². The molecule has 2 aliphatic rings. The topological polar surface area (TPSA) is 58.4 Å². The molecule has 4 nitrogen and oxygen atoms in total. The number of amides is 1. The summed E-state index contributed by atoms with van der Waals surface area (Å²) in [6.45, 7) is 8.76. The maximum Gasteiger partial charge on any atom is 0.244 e. The molecule has 2 fully saturated rings. The van der Waals surface area contributed by atoms with Crippen LogP contribution in [0.4, 0.5) is 0 Å². The van der Waals surface area contributed by atoms with E-state index in [0.29, 0.717) is 23.7 Å². The summed E-state index contributed by atoms with van der Waals surface area (Å²) in [7, 11) is 0. The molecular formula is C25H39N3O. The lowest BCUT2D eigenvalue weighted by molar-refractivity contribution is -0.114. The Balaban J connectivity index is 1.63. The molecule has 1 aliphatic heterocycles. The molecule has 1 saturated heterocycles. The monoisotopic (exact) mass is 397 g/mol. The highest BCUT2D eigenvalue weighted by atomic mass is 16.1. The number of nitrogens with two attached hydrogens (primary N) is 1. The van der Waals surface area contributed by atoms with Gasteiger partial charge in [-0.15, -0.1) is 0 Å². The molecule has 1 aliphatic carbocycles. The number of likely N-dealkylation sites (tertiary alicyclic amines) is 1. The summed E-state index contributed by atoms with van der Waals surface area (Å²) in [5.41, 5.74) is 8.63. The van der Waals surface area contributed by atoms with Crippen molar-refractivity contribution in [3.8, 4) is 0 Å². The molecule has 0 aromatic heterocycles. The zero-order valence-electron chi connectivity index (χ0n) is 18.5. The van der Waals surface area contributed by atoms with Gasteiger partial charge in [0.05, 0.1) is 0 Å². The van der Waals surface area contributed by atoms with Crippen LogP contribution in [0.1, 0.15) is 71.3 Å². The smallest absolute Gasteiger partial charge is 0.244 e. The number of benzene rings is 1. The van der Waals surface area contributed by atoms with Gasteiger partial charge in [-0.2, -0.15) is 0 Å². The van der Waals surface area contributed by atoms with E-state index >= 15 is 0 Å². The van der Waals surface area contributed by atoms with Gasteiger partial charge in [0.15, 0.2) is 0 Å². The number of carbonyl (C=O) groups excluding carboxylic acids is 1. The number of nitrogens with zero attached hydrogens (tertiary/aromatic N) is 1. The Morgan fingerprint density at radius 2 is 1.83 bits per heavy atom. The molecule has 0 unspecified atom stereocenters. The summed E-state index contributed by atoms with van der Waals surface area (Å²) in [5, 5.41) is 3.71. The minimum atomic E-state index is -0.302. The lowest BCUT2D eigenvalue weighted by Crippen LogP contribution is -2.40. The van der Waals surface area contributed by atoms with Crippen LogP contribution >= 0.6 is 0 Å². The quantitative estimate of drug-likeness (QED) is 0.641. The second-order valence-electron chi connectivity index (χ2n) is 9.37. The van der Waals surface area contributed by atoms with E-state index in [1.807, 2.05) is 25.1 Å². The molecule has 1 heterocycles. The third kappa shape index (κ3) is 6.16. The molecule has 3 rings (SSSR count). The van der Waals surface area contributed by atoms with Crippen LogP contribution in [0.2, 0.25) is 0 Å². The fourth-order valence-corrected chi connectivity index (χ4v) is 5.19. The van der Waals surface area contributed by atoms with Crippen LogP contribution in [0.15, 0.2) is 35.9 Å². The fraction of sp³-hybridized carbons (Fsp3) is 0.640. The van der Waals surface area contributed by atoms with Crippen LogP contribution < -0.4 is 11.1 Å². The number of nitrogens with one attached hydrogen (secondary N) is 1. The van der Waals surface area contributed by atoms with E-state index in [4.69, 9.17) is 5.73 Å². The van der Waals surface area contributed by atoms with Gasteiger partial charge < -0.3 is 11.1 Å². The van der Waals surface area contributed by atoms with Gasteiger partial charge in [0.2, 0.25) is 5.91 Å². The summed E-state index contributed by atoms with van der Waals surface area (Å²) < 4.78 is 0. The molecule has 4 heteroatoms. The highest BCUT2D eigenvalue weighted by Crippen LogP contribution is 2.33. The Kier molecular flexibility index (Phi) is 7.91. The van der Waals surface area contributed by atoms with E-state index in [0.717, 1.165) is 23.5 Å². The van der Waals surface area contributed by atoms with Gasteiger partial charge >= 0.3 is 0 Å². The molecule has 1 aromatic rings. The highest BCUT2D eigenvalue weighted by molar-refractivity contribution is 5.99. The van der Waals surface area contributed by atoms with Crippen molar-refractivity contribution in [1.29, 1.82) is 0 Å². The number of hydrogen-bond donors (Lipinski definition) is 2. The van der Waals surface area contributed by atoms with Crippen molar-refractivity contribution in [2.75, 3.05) is 13.1 Å². The Morgan fingerprint density at radius 1 is 1.14 bits per heavy atom. The first kappa shape index (κ1) is 22.0. The van der Waals surface area contributed by atoms with Crippen LogP contribution in [-0.4, -0.2) is 42.0 Å². The molecule has 1 amide bonds. The maximum atomic E-state index is 11.9. The average Bonchev–Trinajstić information content (AvgIpc) is 3.14. The van der Waals surface area contributed by atoms with Gasteiger partial charge in [-0.3, -0.25) is 9.69 Å². The van der Waals surface area contributed by atoms with Crippen molar-refractivity contribution in [1.82, 2.24) is 10.2 Å². The number of rotatable bonds is 8. The van der Waals surface area contributed by atoms with E-state index in [1.54, 1.807) is 0 Å². The van der Waals surface area contributed by atoms with Crippen molar-refractivity contribution in [3.63, 3.8) is 0 Å². The SMILES string of the molecule is C/C(C(N)=O)=C(/C[C@@H]1CCCN1CC1CCC(NC(C)C)CC1)c1ccccc1. The summed E-state index contributed by atoms with van der Waals surface area (Å²) in [4.78, 5) is 14.6. The molecule has 1 saturated carbocycles. The van der Waals surface area contributed by atoms with E-state index in [1.165, 1.54) is 51.6 Å². The third-order valence-corrected chi connectivity index (χ3v) is 6.79. The van der Waals surface area contributed by atoms with E-state index in [-0.39, 0.29) is 5.91 Å². The van der Waals surface area contributed by atoms with Gasteiger partial charge in [0.25, 0.3) is 0 Å². The number of hydrogen-bond acceptors (Lipinski definition) is 3. The summed E-state index contributed by atoms with van der Waals surface area (Å²) in [6.07, 6.45) is 8.65. The molecular weight excluding hydrogens is 358 g/mol. The minimum absolute atomic E-state index is 0.302. The Bertz CT molecular complexity index is 689. The van der Waals surface area contributed by atoms with Gasteiger partial charge in [0.1, 0.15) is 0 Å². The second-order valence-corrected chi connectivity index (χ2v) is 9.37. The summed E-state index contributed by atoms with van der Waals surface area (Å²) in [5.74, 6) is 0.506. The molecule has 1 aromatic carbocycles. The van der Waals surface area contributed by atoms with Crippen LogP contribution in [0.5, 0.6) is 0 Å². The van der Waals surface area contributed by atoms with Crippen molar-refractivity contribution in [3.05, 3.63) is 41.5 Å². The third-order valence-electron chi connectivity index (χ3n) is 6.79. The van der Waals surface area contributed by atoms with Gasteiger partial charge in [-0.1, -0.05) is 44.2 Å². The zero-order chi connectivity index (χ0) is 20.8. The van der Waals surface area contributed by atoms with E-state index in [9.17, 15) is 4.79 Å². The van der Waals surface area contributed by atoms with Crippen molar-refractivity contribution < 1.29 is 4.79 Å². The normalized spacial score (nSPS) is 26.6. The first-order chi connectivity index (χ1) is 13.9. The largest absolute Gasteiger partial charge is 0.366 e. The Morgan fingerprint density at radius 3 is 2.45 bits per heavy atom. The predicted molar refractivity (Wildman–Crippen MR) is 121 cm³/mol. The lowest BCUT2D eigenvalue weighted by atomic mass is 9.85. The van der Waals surface area contributed by atoms with E-state index < -0.39 is 0 Å². The predicted octanol–water partition coefficient (Wildman–Crippen LogP) is 4.36. The second kappa shape index (κ2) is 10.4. The van der Waals surface area contributed by atoms with Crippen molar-refractivity contribution in [2.24, 2.45) is 11.7 Å². The average molecular weight is 398 g/mol. The number of primary amides is 1. The first-order valence-corrected chi connectivity index (χ1v) is 11.5. The molecule has 0 spiro atoms. The fourth-order valence-electron chi connectivity index (χ4n) is 5.19. The summed E-state index contributed by atoms with van der Waals surface area (Å²) >= 11 is 0. The Labute approximate surface area is 176 Å². The van der Waals surface area contributed by atoms with Crippen LogP contribution in [0.25, 0.3) is 5.57 Å². The van der Waals surface area contributed by atoms with Gasteiger partial charge in [-0.05, 0) is 75.5 Å². The molecule has 0 bridgehead atoms. The standard InChI is InChI=1S/C25H39N3O/c1-18(2)27-22-13-11-20(12-14-22)17-28-15-7-10-23(28)16-24(19(3)25(26)29)21-8-5-4-6-9-21/h4-6,8-9,18,20,22-23,27H,7,10-17H2,1-3H3,(H2,26,29)/b24-19+/t20?,22?,23-/m0/s1. The molecule has 3 N–H and O–H groups in total. The molecule has 29 heavy (non-hydrogen) atoms. The lowest BCUT2D eigenvalue weighted by Gasteiger charge is -2.35.